The highest BCUT2D eigenvalue weighted by Crippen LogP contribution is 2.28. The van der Waals surface area contributed by atoms with Crippen molar-refractivity contribution in [2.45, 2.75) is 0 Å². The highest BCUT2D eigenvalue weighted by Gasteiger charge is 2.09. The molecule has 2 aromatic rings. The van der Waals surface area contributed by atoms with Gasteiger partial charge in [0.1, 0.15) is 5.82 Å². The van der Waals surface area contributed by atoms with Crippen molar-refractivity contribution in [1.82, 2.24) is 4.98 Å². The summed E-state index contributed by atoms with van der Waals surface area (Å²) < 4.78 is 18.8. The molecule has 0 saturated carbocycles. The zero-order chi connectivity index (χ0) is 12.3. The summed E-state index contributed by atoms with van der Waals surface area (Å²) in [7, 11) is 0. The SMILES string of the molecule is NNc1cccc(Oc2cccc(Cl)c2F)n1. The van der Waals surface area contributed by atoms with E-state index in [1.165, 1.54) is 12.1 Å². The van der Waals surface area contributed by atoms with Gasteiger partial charge in [-0.05, 0) is 18.2 Å². The Morgan fingerprint density at radius 3 is 2.76 bits per heavy atom. The van der Waals surface area contributed by atoms with Crippen molar-refractivity contribution in [2.24, 2.45) is 5.84 Å². The zero-order valence-corrected chi connectivity index (χ0v) is 9.41. The van der Waals surface area contributed by atoms with Gasteiger partial charge in [0, 0.05) is 6.07 Å². The van der Waals surface area contributed by atoms with Crippen molar-refractivity contribution in [1.29, 1.82) is 0 Å². The van der Waals surface area contributed by atoms with Crippen molar-refractivity contribution in [3.05, 3.63) is 47.2 Å². The maximum Gasteiger partial charge on any atom is 0.221 e. The van der Waals surface area contributed by atoms with Crippen molar-refractivity contribution < 1.29 is 9.13 Å². The van der Waals surface area contributed by atoms with Gasteiger partial charge in [-0.1, -0.05) is 23.7 Å². The minimum atomic E-state index is -0.623. The number of pyridine rings is 1. The molecule has 0 spiro atoms. The fourth-order valence-corrected chi connectivity index (χ4v) is 1.39. The van der Waals surface area contributed by atoms with Crippen LogP contribution in [-0.4, -0.2) is 4.98 Å². The second-order valence-electron chi connectivity index (χ2n) is 3.16. The standard InChI is InChI=1S/C11H9ClFN3O/c12-7-3-1-4-8(11(7)13)17-10-6-2-5-9(15-10)16-14/h1-6H,14H2,(H,15,16). The van der Waals surface area contributed by atoms with Crippen LogP contribution in [0, 0.1) is 5.82 Å². The summed E-state index contributed by atoms with van der Waals surface area (Å²) in [5, 5.41) is -0.00407. The van der Waals surface area contributed by atoms with E-state index in [2.05, 4.69) is 10.4 Å². The van der Waals surface area contributed by atoms with Crippen molar-refractivity contribution in [3.8, 4) is 11.6 Å². The Morgan fingerprint density at radius 1 is 1.24 bits per heavy atom. The van der Waals surface area contributed by atoms with Crippen LogP contribution >= 0.6 is 11.6 Å². The number of halogens is 2. The van der Waals surface area contributed by atoms with Gasteiger partial charge in [0.25, 0.3) is 0 Å². The van der Waals surface area contributed by atoms with Crippen LogP contribution in [0.3, 0.4) is 0 Å². The lowest BCUT2D eigenvalue weighted by Gasteiger charge is -2.07. The lowest BCUT2D eigenvalue weighted by molar-refractivity contribution is 0.428. The lowest BCUT2D eigenvalue weighted by atomic mass is 10.3. The van der Waals surface area contributed by atoms with Gasteiger partial charge in [-0.25, -0.2) is 10.2 Å². The number of nitrogens with two attached hydrogens (primary N) is 1. The molecule has 4 nitrogen and oxygen atoms in total. The van der Waals surface area contributed by atoms with E-state index >= 15 is 0 Å². The Hall–Kier alpha value is -1.85. The third-order valence-corrected chi connectivity index (χ3v) is 2.29. The first-order valence-electron chi connectivity index (χ1n) is 4.76. The molecule has 0 aliphatic heterocycles. The Bertz CT molecular complexity index is 536. The van der Waals surface area contributed by atoms with Gasteiger partial charge in [-0.15, -0.1) is 0 Å². The molecule has 0 aliphatic carbocycles. The predicted octanol–water partition coefficient (Wildman–Crippen LogP) is 2.95. The quantitative estimate of drug-likeness (QED) is 0.652. The minimum Gasteiger partial charge on any atom is -0.436 e. The second-order valence-corrected chi connectivity index (χ2v) is 3.57. The molecule has 1 aromatic heterocycles. The van der Waals surface area contributed by atoms with E-state index in [0.717, 1.165) is 0 Å². The fourth-order valence-electron chi connectivity index (χ4n) is 1.23. The number of anilines is 1. The molecule has 6 heteroatoms. The van der Waals surface area contributed by atoms with Gasteiger partial charge in [0.15, 0.2) is 11.6 Å². The van der Waals surface area contributed by atoms with E-state index in [1.807, 2.05) is 0 Å². The molecule has 0 amide bonds. The van der Waals surface area contributed by atoms with Crippen LogP contribution in [0.5, 0.6) is 11.6 Å². The molecule has 2 rings (SSSR count). The maximum absolute atomic E-state index is 13.5. The lowest BCUT2D eigenvalue weighted by Crippen LogP contribution is -2.08. The first-order chi connectivity index (χ1) is 8.20. The summed E-state index contributed by atoms with van der Waals surface area (Å²) in [6, 6.07) is 9.41. The van der Waals surface area contributed by atoms with Crippen LogP contribution in [0.15, 0.2) is 36.4 Å². The van der Waals surface area contributed by atoms with Crippen LogP contribution in [0.2, 0.25) is 5.02 Å². The van der Waals surface area contributed by atoms with Gasteiger partial charge < -0.3 is 10.2 Å². The molecule has 1 heterocycles. The molecule has 0 aliphatic rings. The molecular weight excluding hydrogens is 245 g/mol. The number of ether oxygens (including phenoxy) is 1. The summed E-state index contributed by atoms with van der Waals surface area (Å²) in [5.41, 5.74) is 2.37. The molecule has 0 bridgehead atoms. The predicted molar refractivity (Wildman–Crippen MR) is 63.5 cm³/mol. The van der Waals surface area contributed by atoms with Crippen LogP contribution in [0.4, 0.5) is 10.2 Å². The number of nitrogens with one attached hydrogen (secondary N) is 1. The third-order valence-electron chi connectivity index (χ3n) is 2.00. The molecule has 0 atom stereocenters. The molecule has 0 fully saturated rings. The summed E-state index contributed by atoms with van der Waals surface area (Å²) in [5.74, 6) is 5.24. The molecule has 0 saturated heterocycles. The van der Waals surface area contributed by atoms with Gasteiger partial charge in [0.05, 0.1) is 5.02 Å². The number of hydrazine groups is 1. The van der Waals surface area contributed by atoms with E-state index in [-0.39, 0.29) is 16.7 Å². The van der Waals surface area contributed by atoms with Crippen molar-refractivity contribution in [2.75, 3.05) is 5.43 Å². The van der Waals surface area contributed by atoms with E-state index < -0.39 is 5.82 Å². The van der Waals surface area contributed by atoms with E-state index in [4.69, 9.17) is 22.2 Å². The summed E-state index contributed by atoms with van der Waals surface area (Å²) in [4.78, 5) is 3.99. The molecule has 0 radical (unpaired) electrons. The highest BCUT2D eigenvalue weighted by atomic mass is 35.5. The largest absolute Gasteiger partial charge is 0.436 e. The molecule has 1 aromatic carbocycles. The van der Waals surface area contributed by atoms with Gasteiger partial charge >= 0.3 is 0 Å². The number of rotatable bonds is 3. The number of hydrogen-bond donors (Lipinski definition) is 2. The third kappa shape index (κ3) is 2.64. The molecule has 88 valence electrons. The molecule has 17 heavy (non-hydrogen) atoms. The Labute approximate surface area is 102 Å². The topological polar surface area (TPSA) is 60.2 Å². The number of aromatic nitrogens is 1. The number of benzene rings is 1. The average molecular weight is 254 g/mol. The van der Waals surface area contributed by atoms with Gasteiger partial charge in [-0.3, -0.25) is 0 Å². The number of hydrogen-bond acceptors (Lipinski definition) is 4. The summed E-state index contributed by atoms with van der Waals surface area (Å²) >= 11 is 5.63. The Kier molecular flexibility index (Phi) is 3.41. The Balaban J connectivity index is 2.28. The smallest absolute Gasteiger partial charge is 0.221 e. The number of nitrogen functional groups attached to an aromatic ring is 1. The molecular formula is C11H9ClFN3O. The summed E-state index contributed by atoms with van der Waals surface area (Å²) in [6.07, 6.45) is 0. The monoisotopic (exact) mass is 253 g/mol. The van der Waals surface area contributed by atoms with E-state index in [0.29, 0.717) is 5.82 Å². The van der Waals surface area contributed by atoms with Gasteiger partial charge in [0.2, 0.25) is 5.88 Å². The summed E-state index contributed by atoms with van der Waals surface area (Å²) in [6.45, 7) is 0. The highest BCUT2D eigenvalue weighted by molar-refractivity contribution is 6.30. The van der Waals surface area contributed by atoms with Crippen LogP contribution in [0.25, 0.3) is 0 Å². The van der Waals surface area contributed by atoms with Crippen LogP contribution < -0.4 is 16.0 Å². The normalized spacial score (nSPS) is 10.1. The molecule has 0 unspecified atom stereocenters. The van der Waals surface area contributed by atoms with Crippen molar-refractivity contribution in [3.63, 3.8) is 0 Å². The first kappa shape index (κ1) is 11.6. The first-order valence-corrected chi connectivity index (χ1v) is 5.14. The van der Waals surface area contributed by atoms with E-state index in [9.17, 15) is 4.39 Å². The van der Waals surface area contributed by atoms with Crippen LogP contribution in [0.1, 0.15) is 0 Å². The Morgan fingerprint density at radius 2 is 2.00 bits per heavy atom. The van der Waals surface area contributed by atoms with Gasteiger partial charge in [-0.2, -0.15) is 4.98 Å². The second kappa shape index (κ2) is 4.99. The number of nitrogens with zero attached hydrogens (tertiary/aromatic N) is 1. The average Bonchev–Trinajstić information content (AvgIpc) is 2.35. The van der Waals surface area contributed by atoms with E-state index in [1.54, 1.807) is 24.3 Å². The maximum atomic E-state index is 13.5. The van der Waals surface area contributed by atoms with Crippen molar-refractivity contribution >= 4 is 17.4 Å². The fraction of sp³-hybridized carbons (Fsp3) is 0. The zero-order valence-electron chi connectivity index (χ0n) is 8.65. The van der Waals surface area contributed by atoms with Crippen LogP contribution in [-0.2, 0) is 0 Å². The minimum absolute atomic E-state index is 0.00407. The molecule has 3 N–H and O–H groups in total.